The van der Waals surface area contributed by atoms with Gasteiger partial charge in [0, 0.05) is 43.5 Å². The van der Waals surface area contributed by atoms with Crippen LogP contribution in [0.1, 0.15) is 34.6 Å². The Balaban J connectivity index is 1.61. The molecule has 1 heterocycles. The molecule has 1 aliphatic rings. The van der Waals surface area contributed by atoms with Crippen molar-refractivity contribution >= 4 is 11.8 Å². The van der Waals surface area contributed by atoms with Gasteiger partial charge in [-0.05, 0) is 22.8 Å². The third kappa shape index (κ3) is 5.49. The number of carbonyl (C=O) groups is 2. The lowest BCUT2D eigenvalue weighted by Crippen LogP contribution is -2.43. The molecule has 0 aromatic heterocycles. The zero-order chi connectivity index (χ0) is 23.2. The quantitative estimate of drug-likeness (QED) is 0.553. The van der Waals surface area contributed by atoms with Gasteiger partial charge in [0.15, 0.2) is 0 Å². The summed E-state index contributed by atoms with van der Waals surface area (Å²) < 4.78 is 5.54. The minimum atomic E-state index is -0.858. The topological polar surface area (TPSA) is 66.8 Å². The van der Waals surface area contributed by atoms with Crippen LogP contribution in [-0.4, -0.2) is 42.0 Å². The van der Waals surface area contributed by atoms with Crippen molar-refractivity contribution in [2.45, 2.75) is 25.3 Å². The maximum Gasteiger partial charge on any atom is 0.307 e. The first kappa shape index (κ1) is 22.7. The smallest absolute Gasteiger partial charge is 0.307 e. The summed E-state index contributed by atoms with van der Waals surface area (Å²) in [7, 11) is 1.62. The van der Waals surface area contributed by atoms with Crippen LogP contribution in [0, 0.1) is 5.92 Å². The number of ether oxygens (including phenoxy) is 1. The molecule has 1 saturated heterocycles. The Bertz CT molecular complexity index is 1060. The summed E-state index contributed by atoms with van der Waals surface area (Å²) in [6.07, 6.45) is 0.472. The van der Waals surface area contributed by atoms with Gasteiger partial charge < -0.3 is 9.84 Å². The van der Waals surface area contributed by atoms with Crippen molar-refractivity contribution in [1.29, 1.82) is 0 Å². The largest absolute Gasteiger partial charge is 0.496 e. The molecule has 1 fully saturated rings. The van der Waals surface area contributed by atoms with Gasteiger partial charge in [-0.2, -0.15) is 0 Å². The molecule has 0 radical (unpaired) electrons. The van der Waals surface area contributed by atoms with Gasteiger partial charge in [-0.1, -0.05) is 72.8 Å². The Kier molecular flexibility index (Phi) is 7.20. The second-order valence-electron chi connectivity index (χ2n) is 8.57. The molecule has 0 aliphatic carbocycles. The van der Waals surface area contributed by atoms with E-state index in [9.17, 15) is 9.59 Å². The second kappa shape index (κ2) is 10.5. The average Bonchev–Trinajstić information content (AvgIpc) is 2.82. The molecule has 33 heavy (non-hydrogen) atoms. The highest BCUT2D eigenvalue weighted by atomic mass is 16.5. The van der Waals surface area contributed by atoms with E-state index in [0.29, 0.717) is 26.1 Å². The SMILES string of the molecule is COc1ccc(CC(=O)O)cc1CN1CCC(=O)C(C(c2ccccc2)c2ccccc2)C1. The Morgan fingerprint density at radius 1 is 1.03 bits per heavy atom. The molecule has 1 atom stereocenters. The molecule has 5 nitrogen and oxygen atoms in total. The molecule has 3 aromatic rings. The number of hydrogen-bond acceptors (Lipinski definition) is 4. The van der Waals surface area contributed by atoms with E-state index in [1.54, 1.807) is 13.2 Å². The number of Topliss-reactive ketones (excluding diaryl/α,β-unsaturated/α-hetero) is 1. The fourth-order valence-electron chi connectivity index (χ4n) is 4.82. The number of aliphatic carboxylic acids is 1. The molecule has 0 amide bonds. The number of carboxylic acid groups (broad SMARTS) is 1. The number of hydrogen-bond donors (Lipinski definition) is 1. The molecule has 1 aliphatic heterocycles. The lowest BCUT2D eigenvalue weighted by molar-refractivity contribution is -0.136. The van der Waals surface area contributed by atoms with Crippen LogP contribution in [-0.2, 0) is 22.6 Å². The molecular formula is C28H29NO4. The van der Waals surface area contributed by atoms with Gasteiger partial charge in [0.25, 0.3) is 0 Å². The van der Waals surface area contributed by atoms with Gasteiger partial charge in [-0.15, -0.1) is 0 Å². The van der Waals surface area contributed by atoms with Crippen LogP contribution in [0.15, 0.2) is 78.9 Å². The first-order chi connectivity index (χ1) is 16.0. The number of piperidine rings is 1. The van der Waals surface area contributed by atoms with Crippen LogP contribution >= 0.6 is 0 Å². The molecule has 170 valence electrons. The van der Waals surface area contributed by atoms with Crippen molar-refractivity contribution in [3.05, 3.63) is 101 Å². The van der Waals surface area contributed by atoms with Crippen LogP contribution in [0.4, 0.5) is 0 Å². The van der Waals surface area contributed by atoms with Crippen molar-refractivity contribution in [3.63, 3.8) is 0 Å². The lowest BCUT2D eigenvalue weighted by Gasteiger charge is -2.36. The Labute approximate surface area is 194 Å². The maximum atomic E-state index is 13.2. The number of methoxy groups -OCH3 is 1. The number of nitrogens with zero attached hydrogens (tertiary/aromatic N) is 1. The average molecular weight is 444 g/mol. The predicted octanol–water partition coefficient (Wildman–Crippen LogP) is 4.55. The third-order valence-corrected chi connectivity index (χ3v) is 6.36. The highest BCUT2D eigenvalue weighted by molar-refractivity contribution is 5.84. The van der Waals surface area contributed by atoms with E-state index in [2.05, 4.69) is 29.2 Å². The Morgan fingerprint density at radius 2 is 1.67 bits per heavy atom. The van der Waals surface area contributed by atoms with Gasteiger partial charge in [-0.25, -0.2) is 0 Å². The number of carboxylic acids is 1. The lowest BCUT2D eigenvalue weighted by atomic mass is 9.76. The van der Waals surface area contributed by atoms with Gasteiger partial charge in [0.1, 0.15) is 11.5 Å². The van der Waals surface area contributed by atoms with Gasteiger partial charge in [0.05, 0.1) is 13.5 Å². The van der Waals surface area contributed by atoms with E-state index in [4.69, 9.17) is 9.84 Å². The summed E-state index contributed by atoms with van der Waals surface area (Å²) in [6, 6.07) is 26.0. The maximum absolute atomic E-state index is 13.2. The zero-order valence-corrected chi connectivity index (χ0v) is 18.8. The van der Waals surface area contributed by atoms with Crippen LogP contribution in [0.3, 0.4) is 0 Å². The summed E-state index contributed by atoms with van der Waals surface area (Å²) >= 11 is 0. The number of rotatable bonds is 8. The molecule has 0 saturated carbocycles. The minimum Gasteiger partial charge on any atom is -0.496 e. The van der Waals surface area contributed by atoms with E-state index in [-0.39, 0.29) is 24.0 Å². The van der Waals surface area contributed by atoms with Crippen molar-refractivity contribution in [2.75, 3.05) is 20.2 Å². The normalized spacial score (nSPS) is 16.7. The number of benzene rings is 3. The van der Waals surface area contributed by atoms with Crippen molar-refractivity contribution in [3.8, 4) is 5.75 Å². The molecule has 0 spiro atoms. The fourth-order valence-corrected chi connectivity index (χ4v) is 4.82. The monoisotopic (exact) mass is 443 g/mol. The first-order valence-corrected chi connectivity index (χ1v) is 11.3. The van der Waals surface area contributed by atoms with Gasteiger partial charge in [-0.3, -0.25) is 14.5 Å². The zero-order valence-electron chi connectivity index (χ0n) is 18.8. The first-order valence-electron chi connectivity index (χ1n) is 11.3. The number of carbonyl (C=O) groups excluding carboxylic acids is 1. The summed E-state index contributed by atoms with van der Waals surface area (Å²) in [5, 5.41) is 9.17. The highest BCUT2D eigenvalue weighted by Crippen LogP contribution is 2.36. The van der Waals surface area contributed by atoms with Crippen molar-refractivity contribution < 1.29 is 19.4 Å². The van der Waals surface area contributed by atoms with Crippen LogP contribution in [0.25, 0.3) is 0 Å². The summed E-state index contributed by atoms with van der Waals surface area (Å²) in [5.74, 6) is -0.00110. The summed E-state index contributed by atoms with van der Waals surface area (Å²) in [4.78, 5) is 26.6. The standard InChI is InChI=1S/C28H29NO4/c1-33-26-13-12-20(17-27(31)32)16-23(26)18-29-15-14-25(30)24(19-29)28(21-8-4-2-5-9-21)22-10-6-3-7-11-22/h2-13,16,24,28H,14-15,17-19H2,1H3,(H,31,32). The molecule has 0 bridgehead atoms. The number of likely N-dealkylation sites (tertiary alicyclic amines) is 1. The van der Waals surface area contributed by atoms with Gasteiger partial charge >= 0.3 is 5.97 Å². The molecular weight excluding hydrogens is 414 g/mol. The van der Waals surface area contributed by atoms with E-state index in [0.717, 1.165) is 28.0 Å². The minimum absolute atomic E-state index is 0.0112. The molecule has 1 unspecified atom stereocenters. The highest BCUT2D eigenvalue weighted by Gasteiger charge is 2.35. The molecule has 4 rings (SSSR count). The molecule has 3 aromatic carbocycles. The van der Waals surface area contributed by atoms with E-state index < -0.39 is 5.97 Å². The van der Waals surface area contributed by atoms with Crippen LogP contribution in [0.5, 0.6) is 5.75 Å². The van der Waals surface area contributed by atoms with Gasteiger partial charge in [0.2, 0.25) is 0 Å². The molecule has 1 N–H and O–H groups in total. The fraction of sp³-hybridized carbons (Fsp3) is 0.286. The van der Waals surface area contributed by atoms with Crippen molar-refractivity contribution in [1.82, 2.24) is 4.90 Å². The number of ketones is 1. The van der Waals surface area contributed by atoms with Crippen LogP contribution in [0.2, 0.25) is 0 Å². The van der Waals surface area contributed by atoms with Crippen LogP contribution < -0.4 is 4.74 Å². The molecule has 5 heteroatoms. The van der Waals surface area contributed by atoms with E-state index in [1.165, 1.54) is 0 Å². The Hall–Kier alpha value is -3.44. The van der Waals surface area contributed by atoms with Crippen molar-refractivity contribution in [2.24, 2.45) is 5.92 Å². The third-order valence-electron chi connectivity index (χ3n) is 6.36. The Morgan fingerprint density at radius 3 is 2.24 bits per heavy atom. The summed E-state index contributed by atoms with van der Waals surface area (Å²) in [5.41, 5.74) is 3.98. The van der Waals surface area contributed by atoms with E-state index in [1.807, 2.05) is 48.5 Å². The van der Waals surface area contributed by atoms with E-state index >= 15 is 0 Å². The predicted molar refractivity (Wildman–Crippen MR) is 127 cm³/mol. The second-order valence-corrected chi connectivity index (χ2v) is 8.57. The summed E-state index contributed by atoms with van der Waals surface area (Å²) in [6.45, 7) is 1.92.